The van der Waals surface area contributed by atoms with Crippen LogP contribution in [0.25, 0.3) is 0 Å². The Hall–Kier alpha value is -0.0800. The highest BCUT2D eigenvalue weighted by atomic mass is 14.8. The topological polar surface area (TPSA) is 52.0 Å². The smallest absolute Gasteiger partial charge is 0.00988 e. The summed E-state index contributed by atoms with van der Waals surface area (Å²) < 4.78 is 0. The van der Waals surface area contributed by atoms with E-state index in [2.05, 4.69) is 6.92 Å². The van der Waals surface area contributed by atoms with E-state index >= 15 is 0 Å². The zero-order valence-electron chi connectivity index (χ0n) is 7.92. The van der Waals surface area contributed by atoms with Gasteiger partial charge in [0, 0.05) is 12.1 Å². The molecule has 2 aliphatic carbocycles. The zero-order valence-corrected chi connectivity index (χ0v) is 7.92. The lowest BCUT2D eigenvalue weighted by atomic mass is 9.76. The average molecular weight is 168 g/mol. The summed E-state index contributed by atoms with van der Waals surface area (Å²) in [7, 11) is 0. The Bertz CT molecular complexity index is 179. The fourth-order valence-electron chi connectivity index (χ4n) is 3.40. The SMILES string of the molecule is CC(N)CC12CCC(CC1N)C2. The molecule has 0 amide bonds. The van der Waals surface area contributed by atoms with Gasteiger partial charge in [0.1, 0.15) is 0 Å². The number of hydrogen-bond donors (Lipinski definition) is 2. The molecule has 2 rings (SSSR count). The summed E-state index contributed by atoms with van der Waals surface area (Å²) in [5, 5.41) is 0. The fraction of sp³-hybridized carbons (Fsp3) is 1.00. The van der Waals surface area contributed by atoms with Crippen molar-refractivity contribution in [1.29, 1.82) is 0 Å². The molecule has 70 valence electrons. The van der Waals surface area contributed by atoms with Gasteiger partial charge in [0.15, 0.2) is 0 Å². The van der Waals surface area contributed by atoms with Crippen molar-refractivity contribution in [2.24, 2.45) is 22.8 Å². The van der Waals surface area contributed by atoms with Crippen molar-refractivity contribution in [2.45, 2.75) is 51.1 Å². The Balaban J connectivity index is 2.08. The Morgan fingerprint density at radius 2 is 2.33 bits per heavy atom. The quantitative estimate of drug-likeness (QED) is 0.652. The predicted molar refractivity (Wildman–Crippen MR) is 50.6 cm³/mol. The van der Waals surface area contributed by atoms with E-state index in [1.54, 1.807) is 0 Å². The second-order valence-corrected chi connectivity index (χ2v) is 4.99. The minimum Gasteiger partial charge on any atom is -0.328 e. The molecule has 0 spiro atoms. The number of nitrogens with two attached hydrogens (primary N) is 2. The Morgan fingerprint density at radius 1 is 1.58 bits per heavy atom. The molecule has 0 aromatic rings. The normalized spacial score (nSPS) is 48.2. The molecule has 0 aromatic carbocycles. The van der Waals surface area contributed by atoms with Gasteiger partial charge in [-0.15, -0.1) is 0 Å². The van der Waals surface area contributed by atoms with E-state index < -0.39 is 0 Å². The number of rotatable bonds is 2. The maximum absolute atomic E-state index is 6.15. The number of hydrogen-bond acceptors (Lipinski definition) is 2. The van der Waals surface area contributed by atoms with Crippen molar-refractivity contribution in [3.63, 3.8) is 0 Å². The molecular formula is C10H20N2. The molecule has 2 fully saturated rings. The minimum atomic E-state index is 0.327. The van der Waals surface area contributed by atoms with Crippen molar-refractivity contribution in [3.8, 4) is 0 Å². The molecule has 4 atom stereocenters. The predicted octanol–water partition coefficient (Wildman–Crippen LogP) is 1.24. The van der Waals surface area contributed by atoms with Gasteiger partial charge in [-0.05, 0) is 50.4 Å². The van der Waals surface area contributed by atoms with Crippen LogP contribution in [0.5, 0.6) is 0 Å². The van der Waals surface area contributed by atoms with Gasteiger partial charge < -0.3 is 11.5 Å². The zero-order chi connectivity index (χ0) is 8.77. The molecule has 4 unspecified atom stereocenters. The van der Waals surface area contributed by atoms with Gasteiger partial charge in [0.05, 0.1) is 0 Å². The summed E-state index contributed by atoms with van der Waals surface area (Å²) in [4.78, 5) is 0. The molecule has 12 heavy (non-hydrogen) atoms. The van der Waals surface area contributed by atoms with E-state index in [0.717, 1.165) is 12.3 Å². The van der Waals surface area contributed by atoms with Gasteiger partial charge in [-0.25, -0.2) is 0 Å². The molecule has 0 aliphatic heterocycles. The largest absolute Gasteiger partial charge is 0.328 e. The van der Waals surface area contributed by atoms with Gasteiger partial charge in [-0.1, -0.05) is 0 Å². The summed E-state index contributed by atoms with van der Waals surface area (Å²) in [6, 6.07) is 0.773. The van der Waals surface area contributed by atoms with Gasteiger partial charge >= 0.3 is 0 Å². The molecule has 0 aromatic heterocycles. The van der Waals surface area contributed by atoms with Crippen molar-refractivity contribution in [2.75, 3.05) is 0 Å². The summed E-state index contributed by atoms with van der Waals surface area (Å²) in [5.41, 5.74) is 12.4. The maximum atomic E-state index is 6.15. The van der Waals surface area contributed by atoms with Crippen LogP contribution in [0.2, 0.25) is 0 Å². The van der Waals surface area contributed by atoms with Crippen molar-refractivity contribution in [3.05, 3.63) is 0 Å². The fourth-order valence-corrected chi connectivity index (χ4v) is 3.40. The van der Waals surface area contributed by atoms with Crippen molar-refractivity contribution in [1.82, 2.24) is 0 Å². The Morgan fingerprint density at radius 3 is 2.75 bits per heavy atom. The van der Waals surface area contributed by atoms with Crippen LogP contribution in [-0.4, -0.2) is 12.1 Å². The molecule has 2 nitrogen and oxygen atoms in total. The molecule has 0 radical (unpaired) electrons. The molecule has 4 N–H and O–H groups in total. The second kappa shape index (κ2) is 2.71. The van der Waals surface area contributed by atoms with Crippen LogP contribution < -0.4 is 11.5 Å². The highest BCUT2D eigenvalue weighted by molar-refractivity contribution is 5.04. The first-order valence-electron chi connectivity index (χ1n) is 5.13. The third-order valence-electron chi connectivity index (χ3n) is 3.85. The van der Waals surface area contributed by atoms with E-state index in [0.29, 0.717) is 17.5 Å². The average Bonchev–Trinajstić information content (AvgIpc) is 2.42. The minimum absolute atomic E-state index is 0.327. The van der Waals surface area contributed by atoms with Crippen LogP contribution >= 0.6 is 0 Å². The van der Waals surface area contributed by atoms with Crippen LogP contribution in [0.4, 0.5) is 0 Å². The van der Waals surface area contributed by atoms with Crippen LogP contribution in [0.3, 0.4) is 0 Å². The highest BCUT2D eigenvalue weighted by Crippen LogP contribution is 2.55. The first-order chi connectivity index (χ1) is 5.62. The molecule has 0 heterocycles. The lowest BCUT2D eigenvalue weighted by molar-refractivity contribution is 0.217. The first-order valence-corrected chi connectivity index (χ1v) is 5.13. The van der Waals surface area contributed by atoms with Gasteiger partial charge in [0.2, 0.25) is 0 Å². The monoisotopic (exact) mass is 168 g/mol. The van der Waals surface area contributed by atoms with Gasteiger partial charge in [0.25, 0.3) is 0 Å². The first kappa shape index (κ1) is 8.52. The van der Waals surface area contributed by atoms with E-state index in [1.807, 2.05) is 0 Å². The molecule has 2 aliphatic rings. The Kier molecular flexibility index (Phi) is 1.92. The van der Waals surface area contributed by atoms with E-state index in [1.165, 1.54) is 25.7 Å². The molecular weight excluding hydrogens is 148 g/mol. The maximum Gasteiger partial charge on any atom is 0.00988 e. The van der Waals surface area contributed by atoms with Crippen LogP contribution in [0, 0.1) is 11.3 Å². The third-order valence-corrected chi connectivity index (χ3v) is 3.85. The second-order valence-electron chi connectivity index (χ2n) is 4.99. The summed E-state index contributed by atoms with van der Waals surface area (Å²) in [6.07, 6.45) is 6.49. The van der Waals surface area contributed by atoms with Crippen LogP contribution in [0.15, 0.2) is 0 Å². The highest BCUT2D eigenvalue weighted by Gasteiger charge is 2.50. The lowest BCUT2D eigenvalue weighted by Gasteiger charge is -2.34. The summed E-state index contributed by atoms with van der Waals surface area (Å²) in [6.45, 7) is 2.10. The Labute approximate surface area is 74.7 Å². The summed E-state index contributed by atoms with van der Waals surface area (Å²) in [5.74, 6) is 0.929. The summed E-state index contributed by atoms with van der Waals surface area (Å²) >= 11 is 0. The van der Waals surface area contributed by atoms with E-state index in [4.69, 9.17) is 11.5 Å². The van der Waals surface area contributed by atoms with Gasteiger partial charge in [-0.2, -0.15) is 0 Å². The van der Waals surface area contributed by atoms with Crippen LogP contribution in [0.1, 0.15) is 39.0 Å². The van der Waals surface area contributed by atoms with E-state index in [9.17, 15) is 0 Å². The standard InChI is InChI=1S/C10H20N2/c1-7(11)5-10-3-2-8(6-10)4-9(10)12/h7-9H,2-6,11-12H2,1H3. The van der Waals surface area contributed by atoms with Gasteiger partial charge in [-0.3, -0.25) is 0 Å². The third kappa shape index (κ3) is 1.17. The molecule has 2 bridgehead atoms. The molecule has 2 saturated carbocycles. The number of fused-ring (bicyclic) bond motifs is 2. The van der Waals surface area contributed by atoms with Crippen LogP contribution in [-0.2, 0) is 0 Å². The molecule has 0 saturated heterocycles. The van der Waals surface area contributed by atoms with E-state index in [-0.39, 0.29) is 0 Å². The molecule has 2 heteroatoms. The van der Waals surface area contributed by atoms with Crippen molar-refractivity contribution < 1.29 is 0 Å². The van der Waals surface area contributed by atoms with Crippen molar-refractivity contribution >= 4 is 0 Å². The lowest BCUT2D eigenvalue weighted by Crippen LogP contribution is -2.41.